The normalized spacial score (nSPS) is 13.6. The van der Waals surface area contributed by atoms with Crippen LogP contribution in [0.5, 0.6) is 0 Å². The highest BCUT2D eigenvalue weighted by molar-refractivity contribution is 5.73. The van der Waals surface area contributed by atoms with Crippen LogP contribution in [0.2, 0.25) is 0 Å². The summed E-state index contributed by atoms with van der Waals surface area (Å²) < 4.78 is 20.1. The van der Waals surface area contributed by atoms with Crippen molar-refractivity contribution in [3.8, 4) is 0 Å². The molecule has 0 saturated heterocycles. The molecular formula is C11H22O6. The monoisotopic (exact) mass is 250 g/mol. The summed E-state index contributed by atoms with van der Waals surface area (Å²) in [6, 6.07) is 0. The molecule has 0 spiro atoms. The van der Waals surface area contributed by atoms with E-state index in [2.05, 4.69) is 0 Å². The van der Waals surface area contributed by atoms with Gasteiger partial charge in [-0.3, -0.25) is 0 Å². The zero-order valence-electron chi connectivity index (χ0n) is 10.9. The summed E-state index contributed by atoms with van der Waals surface area (Å²) in [5.41, 5.74) is -0.620. The van der Waals surface area contributed by atoms with Crippen molar-refractivity contribution in [2.24, 2.45) is 5.41 Å². The lowest BCUT2D eigenvalue weighted by atomic mass is 9.87. The average molecular weight is 250 g/mol. The second kappa shape index (κ2) is 8.41. The first-order valence-electron chi connectivity index (χ1n) is 5.35. The van der Waals surface area contributed by atoms with Crippen molar-refractivity contribution in [3.63, 3.8) is 0 Å². The van der Waals surface area contributed by atoms with E-state index in [4.69, 9.17) is 24.1 Å². The highest BCUT2D eigenvalue weighted by atomic mass is 16.7. The highest BCUT2D eigenvalue weighted by Crippen LogP contribution is 2.24. The molecule has 102 valence electrons. The van der Waals surface area contributed by atoms with Crippen molar-refractivity contribution in [3.05, 3.63) is 0 Å². The van der Waals surface area contributed by atoms with Gasteiger partial charge in [-0.2, -0.15) is 0 Å². The molecule has 0 aliphatic heterocycles. The van der Waals surface area contributed by atoms with Crippen LogP contribution in [-0.2, 0) is 23.7 Å². The number of carboxylic acids is 1. The number of hydrogen-bond acceptors (Lipinski definition) is 5. The molecule has 17 heavy (non-hydrogen) atoms. The van der Waals surface area contributed by atoms with Gasteiger partial charge in [0, 0.05) is 19.6 Å². The summed E-state index contributed by atoms with van der Waals surface area (Å²) in [6.07, 6.45) is -0.968. The Labute approximate surface area is 102 Å². The van der Waals surface area contributed by atoms with Crippen LogP contribution in [-0.4, -0.2) is 58.0 Å². The van der Waals surface area contributed by atoms with Gasteiger partial charge in [0.2, 0.25) is 0 Å². The van der Waals surface area contributed by atoms with Gasteiger partial charge in [-0.1, -0.05) is 13.8 Å². The maximum atomic E-state index is 11.1. The summed E-state index contributed by atoms with van der Waals surface area (Å²) in [7, 11) is 3.09. The lowest BCUT2D eigenvalue weighted by molar-refractivity contribution is -0.179. The minimum atomic E-state index is -1.03. The molecule has 1 unspecified atom stereocenters. The molecule has 0 radical (unpaired) electrons. The van der Waals surface area contributed by atoms with Crippen LogP contribution in [0.25, 0.3) is 0 Å². The lowest BCUT2D eigenvalue weighted by Crippen LogP contribution is -2.42. The number of carboxylic acid groups (broad SMARTS) is 1. The molecule has 0 aliphatic rings. The van der Waals surface area contributed by atoms with E-state index < -0.39 is 17.5 Å². The number of methoxy groups -OCH3 is 2. The molecule has 0 rings (SSSR count). The van der Waals surface area contributed by atoms with Crippen LogP contribution in [0.3, 0.4) is 0 Å². The Bertz CT molecular complexity index is 216. The lowest BCUT2D eigenvalue weighted by Gasteiger charge is -2.30. The number of rotatable bonds is 10. The Morgan fingerprint density at radius 1 is 1.24 bits per heavy atom. The number of ether oxygens (including phenoxy) is 4. The van der Waals surface area contributed by atoms with Gasteiger partial charge in [0.15, 0.2) is 6.10 Å². The highest BCUT2D eigenvalue weighted by Gasteiger charge is 2.36. The fourth-order valence-corrected chi connectivity index (χ4v) is 1.40. The minimum absolute atomic E-state index is 0.0759. The van der Waals surface area contributed by atoms with Crippen LogP contribution < -0.4 is 0 Å². The predicted octanol–water partition coefficient (Wildman–Crippen LogP) is 0.749. The van der Waals surface area contributed by atoms with Crippen molar-refractivity contribution in [1.29, 1.82) is 0 Å². The first kappa shape index (κ1) is 16.3. The quantitative estimate of drug-likeness (QED) is 0.455. The molecule has 6 nitrogen and oxygen atoms in total. The molecule has 0 fully saturated rings. The Balaban J connectivity index is 4.11. The molecular weight excluding hydrogens is 228 g/mol. The zero-order chi connectivity index (χ0) is 13.3. The number of aliphatic carboxylic acids is 1. The Kier molecular flexibility index (Phi) is 8.07. The molecule has 0 aromatic heterocycles. The Hall–Kier alpha value is -0.690. The molecule has 1 atom stereocenters. The van der Waals surface area contributed by atoms with Gasteiger partial charge in [-0.25, -0.2) is 4.79 Å². The maximum absolute atomic E-state index is 11.1. The summed E-state index contributed by atoms with van der Waals surface area (Å²) in [4.78, 5) is 11.1. The number of carbonyl (C=O) groups is 1. The van der Waals surface area contributed by atoms with Gasteiger partial charge in [0.05, 0.1) is 19.8 Å². The van der Waals surface area contributed by atoms with E-state index in [1.807, 2.05) is 0 Å². The van der Waals surface area contributed by atoms with Crippen molar-refractivity contribution in [2.45, 2.75) is 20.0 Å². The van der Waals surface area contributed by atoms with Gasteiger partial charge in [0.25, 0.3) is 0 Å². The van der Waals surface area contributed by atoms with Gasteiger partial charge in [0.1, 0.15) is 6.79 Å². The van der Waals surface area contributed by atoms with E-state index in [1.165, 1.54) is 7.11 Å². The molecule has 0 amide bonds. The maximum Gasteiger partial charge on any atom is 0.333 e. The van der Waals surface area contributed by atoms with E-state index >= 15 is 0 Å². The third-order valence-electron chi connectivity index (χ3n) is 2.20. The largest absolute Gasteiger partial charge is 0.479 e. The van der Waals surface area contributed by atoms with Gasteiger partial charge in [-0.15, -0.1) is 0 Å². The molecule has 1 N–H and O–H groups in total. The van der Waals surface area contributed by atoms with Crippen molar-refractivity contribution < 1.29 is 28.8 Å². The number of hydrogen-bond donors (Lipinski definition) is 1. The van der Waals surface area contributed by atoms with E-state index in [9.17, 15) is 4.79 Å². The minimum Gasteiger partial charge on any atom is -0.479 e. The van der Waals surface area contributed by atoms with Crippen LogP contribution in [0, 0.1) is 5.41 Å². The molecule has 0 heterocycles. The summed E-state index contributed by atoms with van der Waals surface area (Å²) in [5, 5.41) is 9.08. The van der Waals surface area contributed by atoms with E-state index in [0.29, 0.717) is 19.8 Å². The molecule has 6 heteroatoms. The zero-order valence-corrected chi connectivity index (χ0v) is 10.9. The Morgan fingerprint density at radius 3 is 2.35 bits per heavy atom. The smallest absolute Gasteiger partial charge is 0.333 e. The van der Waals surface area contributed by atoms with E-state index in [0.717, 1.165) is 0 Å². The predicted molar refractivity (Wildman–Crippen MR) is 60.9 cm³/mol. The van der Waals surface area contributed by atoms with Crippen molar-refractivity contribution in [2.75, 3.05) is 40.8 Å². The third-order valence-corrected chi connectivity index (χ3v) is 2.20. The van der Waals surface area contributed by atoms with Gasteiger partial charge >= 0.3 is 5.97 Å². The van der Waals surface area contributed by atoms with Crippen molar-refractivity contribution in [1.82, 2.24) is 0 Å². The average Bonchev–Trinajstić information content (AvgIpc) is 2.22. The second-order valence-corrected chi connectivity index (χ2v) is 4.33. The second-order valence-electron chi connectivity index (χ2n) is 4.33. The Morgan fingerprint density at radius 2 is 1.88 bits per heavy atom. The van der Waals surface area contributed by atoms with Crippen LogP contribution >= 0.6 is 0 Å². The van der Waals surface area contributed by atoms with Crippen LogP contribution in [0.15, 0.2) is 0 Å². The van der Waals surface area contributed by atoms with E-state index in [-0.39, 0.29) is 6.79 Å². The molecule has 0 aromatic rings. The summed E-state index contributed by atoms with van der Waals surface area (Å²) in [5.74, 6) is -1.03. The molecule has 0 aromatic carbocycles. The van der Waals surface area contributed by atoms with Crippen LogP contribution in [0.4, 0.5) is 0 Å². The standard InChI is InChI=1S/C11H22O6/c1-11(2,7-15-4)9(10(12)13)17-8-16-6-5-14-3/h9H,5-8H2,1-4H3,(H,12,13). The van der Waals surface area contributed by atoms with Gasteiger partial charge < -0.3 is 24.1 Å². The van der Waals surface area contributed by atoms with Gasteiger partial charge in [-0.05, 0) is 0 Å². The van der Waals surface area contributed by atoms with E-state index in [1.54, 1.807) is 21.0 Å². The molecule has 0 bridgehead atoms. The van der Waals surface area contributed by atoms with Crippen LogP contribution in [0.1, 0.15) is 13.8 Å². The topological polar surface area (TPSA) is 74.2 Å². The summed E-state index contributed by atoms with van der Waals surface area (Å²) in [6.45, 7) is 4.57. The van der Waals surface area contributed by atoms with Crippen molar-refractivity contribution >= 4 is 5.97 Å². The molecule has 0 saturated carbocycles. The fraction of sp³-hybridized carbons (Fsp3) is 0.909. The SMILES string of the molecule is COCCOCOC(C(=O)O)C(C)(C)COC. The fourth-order valence-electron chi connectivity index (χ4n) is 1.40. The molecule has 0 aliphatic carbocycles. The summed E-state index contributed by atoms with van der Waals surface area (Å²) >= 11 is 0. The third kappa shape index (κ3) is 6.58. The first-order chi connectivity index (χ1) is 7.95. The first-order valence-corrected chi connectivity index (χ1v) is 5.35.